The van der Waals surface area contributed by atoms with E-state index in [-0.39, 0.29) is 36.4 Å². The number of benzene rings is 1. The molecule has 0 saturated carbocycles. The van der Waals surface area contributed by atoms with Crippen LogP contribution in [0.4, 0.5) is 15.0 Å². The van der Waals surface area contributed by atoms with Crippen LogP contribution in [0.1, 0.15) is 45.1 Å². The Bertz CT molecular complexity index is 1340. The number of nitrogens with one attached hydrogen (secondary N) is 1. The second-order valence-electron chi connectivity index (χ2n) is 9.10. The Hall–Kier alpha value is -4.33. The molecule has 2 bridgehead atoms. The SMILES string of the molecule is C[C@H]1Oc2cc(cnc2NC(=O)OC(C)(C)C)-c2c(nn(C)c2C#N)OCCOc2ccc(F)cc21. The number of nitrogens with zero attached hydrogens (tertiary/aromatic N) is 4. The number of amides is 1. The Balaban J connectivity index is 1.84. The number of nitriles is 1. The van der Waals surface area contributed by atoms with Crippen molar-refractivity contribution in [2.45, 2.75) is 39.4 Å². The third-order valence-electron chi connectivity index (χ3n) is 5.17. The summed E-state index contributed by atoms with van der Waals surface area (Å²) in [6.07, 6.45) is 0.0482. The van der Waals surface area contributed by atoms with Gasteiger partial charge in [0, 0.05) is 24.4 Å². The molecule has 3 heterocycles. The summed E-state index contributed by atoms with van der Waals surface area (Å²) >= 11 is 0. The van der Waals surface area contributed by atoms with Crippen molar-refractivity contribution in [3.8, 4) is 34.6 Å². The molecule has 1 aliphatic rings. The van der Waals surface area contributed by atoms with E-state index >= 15 is 0 Å². The predicted octanol–water partition coefficient (Wildman–Crippen LogP) is 4.75. The molecule has 1 amide bonds. The third kappa shape index (κ3) is 5.33. The molecule has 188 valence electrons. The molecule has 2 aromatic heterocycles. The van der Waals surface area contributed by atoms with Gasteiger partial charge >= 0.3 is 6.09 Å². The molecule has 10 nitrogen and oxygen atoms in total. The topological polar surface area (TPSA) is 121 Å². The summed E-state index contributed by atoms with van der Waals surface area (Å²) in [4.78, 5) is 16.8. The lowest BCUT2D eigenvalue weighted by Crippen LogP contribution is -2.27. The lowest BCUT2D eigenvalue weighted by Gasteiger charge is -2.22. The summed E-state index contributed by atoms with van der Waals surface area (Å²) in [5.74, 6) is 0.418. The van der Waals surface area contributed by atoms with E-state index in [4.69, 9.17) is 18.9 Å². The fraction of sp³-hybridized carbons (Fsp3) is 0.360. The molecule has 0 radical (unpaired) electrons. The van der Waals surface area contributed by atoms with Crippen LogP contribution in [-0.2, 0) is 11.8 Å². The van der Waals surface area contributed by atoms with E-state index in [0.29, 0.717) is 22.4 Å². The first kappa shape index (κ1) is 24.8. The average molecular weight is 496 g/mol. The molecule has 1 aromatic carbocycles. The van der Waals surface area contributed by atoms with Crippen LogP contribution in [0.15, 0.2) is 30.5 Å². The third-order valence-corrected chi connectivity index (χ3v) is 5.17. The number of fused-ring (bicyclic) bond motifs is 5. The molecule has 36 heavy (non-hydrogen) atoms. The molecule has 0 saturated heterocycles. The number of hydrogen-bond acceptors (Lipinski definition) is 8. The number of aryl methyl sites for hydroxylation is 1. The summed E-state index contributed by atoms with van der Waals surface area (Å²) in [6.45, 7) is 7.20. The molecule has 4 rings (SSSR count). The predicted molar refractivity (Wildman–Crippen MR) is 127 cm³/mol. The van der Waals surface area contributed by atoms with Gasteiger partial charge in [0.2, 0.25) is 5.88 Å². The summed E-state index contributed by atoms with van der Waals surface area (Å²) < 4.78 is 38.7. The first-order valence-corrected chi connectivity index (χ1v) is 11.2. The number of rotatable bonds is 1. The van der Waals surface area contributed by atoms with Crippen molar-refractivity contribution < 1.29 is 28.1 Å². The van der Waals surface area contributed by atoms with Gasteiger partial charge in [-0.05, 0) is 52.0 Å². The molecule has 1 N–H and O–H groups in total. The van der Waals surface area contributed by atoms with E-state index in [9.17, 15) is 14.4 Å². The van der Waals surface area contributed by atoms with E-state index in [1.165, 1.54) is 29.1 Å². The number of halogens is 1. The maximum Gasteiger partial charge on any atom is 0.413 e. The van der Waals surface area contributed by atoms with Crippen LogP contribution >= 0.6 is 0 Å². The van der Waals surface area contributed by atoms with Crippen LogP contribution in [0.2, 0.25) is 0 Å². The van der Waals surface area contributed by atoms with Gasteiger partial charge in [-0.2, -0.15) is 5.26 Å². The number of pyridine rings is 1. The minimum atomic E-state index is -0.731. The molecule has 0 unspecified atom stereocenters. The molecule has 1 atom stereocenters. The zero-order valence-electron chi connectivity index (χ0n) is 20.6. The van der Waals surface area contributed by atoms with Gasteiger partial charge in [-0.15, -0.1) is 5.10 Å². The highest BCUT2D eigenvalue weighted by atomic mass is 19.1. The molecule has 0 aliphatic carbocycles. The molecular weight excluding hydrogens is 469 g/mol. The minimum absolute atomic E-state index is 0.0819. The van der Waals surface area contributed by atoms with E-state index in [2.05, 4.69) is 21.5 Å². The maximum absolute atomic E-state index is 14.1. The lowest BCUT2D eigenvalue weighted by molar-refractivity contribution is 0.0634. The fourth-order valence-corrected chi connectivity index (χ4v) is 3.67. The Morgan fingerprint density at radius 1 is 1.25 bits per heavy atom. The van der Waals surface area contributed by atoms with Gasteiger partial charge in [-0.25, -0.2) is 14.2 Å². The summed E-state index contributed by atoms with van der Waals surface area (Å²) in [6, 6.07) is 7.86. The van der Waals surface area contributed by atoms with Crippen LogP contribution in [-0.4, -0.2) is 39.7 Å². The molecule has 11 heteroatoms. The van der Waals surface area contributed by atoms with Crippen LogP contribution in [0.5, 0.6) is 17.4 Å². The number of carbonyl (C=O) groups excluding carboxylic acids is 1. The van der Waals surface area contributed by atoms with Crippen LogP contribution in [0, 0.1) is 17.1 Å². The van der Waals surface area contributed by atoms with Gasteiger partial charge in [0.15, 0.2) is 11.6 Å². The summed E-state index contributed by atoms with van der Waals surface area (Å²) in [7, 11) is 1.63. The molecule has 3 aromatic rings. The van der Waals surface area contributed by atoms with Crippen LogP contribution in [0.25, 0.3) is 11.1 Å². The summed E-state index contributed by atoms with van der Waals surface area (Å²) in [5.41, 5.74) is 0.866. The zero-order valence-corrected chi connectivity index (χ0v) is 20.6. The average Bonchev–Trinajstić information content (AvgIpc) is 3.11. The van der Waals surface area contributed by atoms with Gasteiger partial charge < -0.3 is 18.9 Å². The van der Waals surface area contributed by atoms with Gasteiger partial charge in [0.1, 0.15) is 48.2 Å². The van der Waals surface area contributed by atoms with Crippen LogP contribution < -0.4 is 19.5 Å². The van der Waals surface area contributed by atoms with Crippen molar-refractivity contribution in [2.24, 2.45) is 7.05 Å². The Kier molecular flexibility index (Phi) is 6.70. The normalized spacial score (nSPS) is 15.2. The first-order chi connectivity index (χ1) is 17.1. The Morgan fingerprint density at radius 3 is 2.72 bits per heavy atom. The zero-order chi connectivity index (χ0) is 26.0. The quantitative estimate of drug-likeness (QED) is 0.513. The first-order valence-electron chi connectivity index (χ1n) is 11.2. The molecular formula is C25H26FN5O5. The molecule has 0 fully saturated rings. The van der Waals surface area contributed by atoms with Crippen molar-refractivity contribution in [1.29, 1.82) is 5.26 Å². The van der Waals surface area contributed by atoms with Gasteiger partial charge in [0.05, 0.1) is 5.56 Å². The number of ether oxygens (including phenoxy) is 4. The van der Waals surface area contributed by atoms with Gasteiger partial charge in [0.25, 0.3) is 0 Å². The second kappa shape index (κ2) is 9.73. The maximum atomic E-state index is 14.1. The van der Waals surface area contributed by atoms with E-state index in [1.54, 1.807) is 40.8 Å². The van der Waals surface area contributed by atoms with Gasteiger partial charge in [-0.3, -0.25) is 10.00 Å². The van der Waals surface area contributed by atoms with Crippen molar-refractivity contribution in [1.82, 2.24) is 14.8 Å². The number of anilines is 1. The van der Waals surface area contributed by atoms with Crippen LogP contribution in [0.3, 0.4) is 0 Å². The highest BCUT2D eigenvalue weighted by Gasteiger charge is 2.25. The van der Waals surface area contributed by atoms with E-state index < -0.39 is 23.6 Å². The largest absolute Gasteiger partial charge is 0.490 e. The van der Waals surface area contributed by atoms with Crippen molar-refractivity contribution >= 4 is 11.9 Å². The highest BCUT2D eigenvalue weighted by molar-refractivity contribution is 5.86. The van der Waals surface area contributed by atoms with Crippen molar-refractivity contribution in [3.63, 3.8) is 0 Å². The number of carbonyl (C=O) groups is 1. The van der Waals surface area contributed by atoms with Crippen molar-refractivity contribution in [3.05, 3.63) is 47.5 Å². The van der Waals surface area contributed by atoms with E-state index in [0.717, 1.165) is 0 Å². The minimum Gasteiger partial charge on any atom is -0.490 e. The second-order valence-corrected chi connectivity index (χ2v) is 9.10. The standard InChI is InChI=1S/C25H26FN5O5/c1-14-17-11-16(26)6-7-19(17)33-8-9-34-23-21(18(12-27)31(5)30-23)15-10-20(35-14)22(28-13-15)29-24(32)36-25(2,3)4/h6-7,10-11,13-14H,8-9H2,1-5H3,(H,28,29,32)/t14-/m1/s1. The Labute approximate surface area is 207 Å². The number of aromatic nitrogens is 3. The smallest absolute Gasteiger partial charge is 0.413 e. The summed E-state index contributed by atoms with van der Waals surface area (Å²) in [5, 5.41) is 16.7. The fourth-order valence-electron chi connectivity index (χ4n) is 3.67. The van der Waals surface area contributed by atoms with Crippen molar-refractivity contribution in [2.75, 3.05) is 18.5 Å². The van der Waals surface area contributed by atoms with Gasteiger partial charge in [-0.1, -0.05) is 0 Å². The Morgan fingerprint density at radius 2 is 2.00 bits per heavy atom. The van der Waals surface area contributed by atoms with E-state index in [1.807, 2.05) is 0 Å². The monoisotopic (exact) mass is 495 g/mol. The highest BCUT2D eigenvalue weighted by Crippen LogP contribution is 2.39. The molecule has 0 spiro atoms. The lowest BCUT2D eigenvalue weighted by atomic mass is 10.1. The molecule has 1 aliphatic heterocycles. The number of hydrogen-bond donors (Lipinski definition) is 1.